The van der Waals surface area contributed by atoms with Crippen LogP contribution in [0.4, 0.5) is 0 Å². The highest BCUT2D eigenvalue weighted by Crippen LogP contribution is 2.75. The maximum atomic E-state index is 6.63. The van der Waals surface area contributed by atoms with Crippen molar-refractivity contribution in [3.05, 3.63) is 12.2 Å². The summed E-state index contributed by atoms with van der Waals surface area (Å²) in [7, 11) is 0. The summed E-state index contributed by atoms with van der Waals surface area (Å²) in [5.41, 5.74) is 0.731. The van der Waals surface area contributed by atoms with Gasteiger partial charge in [-0.1, -0.05) is 26.8 Å². The highest BCUT2D eigenvalue weighted by atomic mass is 16.8. The van der Waals surface area contributed by atoms with Crippen LogP contribution in [0.25, 0.3) is 0 Å². The number of ether oxygens (including phenoxy) is 2. The van der Waals surface area contributed by atoms with E-state index in [1.807, 2.05) is 6.92 Å². The van der Waals surface area contributed by atoms with Crippen LogP contribution in [0.1, 0.15) is 67.2 Å². The summed E-state index contributed by atoms with van der Waals surface area (Å²) in [6.45, 7) is 14.0. The van der Waals surface area contributed by atoms with Crippen molar-refractivity contribution in [2.45, 2.75) is 84.7 Å². The molecular weight excluding hydrogens is 272 g/mol. The molecule has 0 amide bonds. The molecule has 4 aliphatic rings. The standard InChI is InChI=1S/C20H32O2/c1-7-10-18(5)21-16-12-20-11-15(19(16,6)22-18)17(3,4)14(20)9-8-13(20)2/h7,10,13-16H,8-9,11-12H2,1-6H3/b10-7+/t13-,14+,15-,16+,18?,19-,20-/m1/s1. The van der Waals surface area contributed by atoms with Crippen molar-refractivity contribution in [2.24, 2.45) is 28.6 Å². The Morgan fingerprint density at radius 3 is 2.41 bits per heavy atom. The molecule has 3 aliphatic carbocycles. The van der Waals surface area contributed by atoms with Crippen molar-refractivity contribution in [1.29, 1.82) is 0 Å². The summed E-state index contributed by atoms with van der Waals surface area (Å²) in [6, 6.07) is 0. The average molecular weight is 304 g/mol. The third kappa shape index (κ3) is 1.59. The topological polar surface area (TPSA) is 18.5 Å². The molecule has 0 aromatic carbocycles. The van der Waals surface area contributed by atoms with Gasteiger partial charge in [0.15, 0.2) is 5.79 Å². The summed E-state index contributed by atoms with van der Waals surface area (Å²) in [6.07, 6.45) is 9.73. The van der Waals surface area contributed by atoms with E-state index in [4.69, 9.17) is 9.47 Å². The van der Waals surface area contributed by atoms with Crippen LogP contribution in [0.2, 0.25) is 0 Å². The van der Waals surface area contributed by atoms with E-state index in [0.717, 1.165) is 11.8 Å². The maximum absolute atomic E-state index is 6.63. The van der Waals surface area contributed by atoms with Crippen LogP contribution in [0.15, 0.2) is 12.2 Å². The number of fused-ring (bicyclic) bond motifs is 3. The summed E-state index contributed by atoms with van der Waals surface area (Å²) in [4.78, 5) is 0. The Labute approximate surface area is 135 Å². The first-order valence-corrected chi connectivity index (χ1v) is 9.20. The zero-order chi connectivity index (χ0) is 16.0. The second-order valence-corrected chi connectivity index (χ2v) is 9.45. The quantitative estimate of drug-likeness (QED) is 0.639. The fourth-order valence-electron chi connectivity index (χ4n) is 7.23. The molecule has 4 rings (SSSR count). The lowest BCUT2D eigenvalue weighted by Crippen LogP contribution is -2.52. The highest BCUT2D eigenvalue weighted by molar-refractivity contribution is 5.22. The number of rotatable bonds is 1. The first kappa shape index (κ1) is 15.2. The van der Waals surface area contributed by atoms with Gasteiger partial charge in [-0.2, -0.15) is 0 Å². The van der Waals surface area contributed by atoms with Crippen LogP contribution in [0.3, 0.4) is 0 Å². The second kappa shape index (κ2) is 4.19. The van der Waals surface area contributed by atoms with Gasteiger partial charge in [-0.05, 0) is 81.1 Å². The molecule has 0 N–H and O–H groups in total. The molecule has 0 aromatic rings. The van der Waals surface area contributed by atoms with Crippen molar-refractivity contribution >= 4 is 0 Å². The van der Waals surface area contributed by atoms with Crippen LogP contribution in [0, 0.1) is 28.6 Å². The maximum Gasteiger partial charge on any atom is 0.186 e. The largest absolute Gasteiger partial charge is 0.340 e. The van der Waals surface area contributed by atoms with Crippen LogP contribution in [-0.4, -0.2) is 17.5 Å². The molecule has 2 heteroatoms. The predicted molar refractivity (Wildman–Crippen MR) is 88.4 cm³/mol. The fraction of sp³-hybridized carbons (Fsp3) is 0.900. The first-order valence-electron chi connectivity index (χ1n) is 9.20. The summed E-state index contributed by atoms with van der Waals surface area (Å²) < 4.78 is 13.1. The Morgan fingerprint density at radius 2 is 1.73 bits per heavy atom. The second-order valence-electron chi connectivity index (χ2n) is 9.45. The van der Waals surface area contributed by atoms with Gasteiger partial charge in [0.2, 0.25) is 0 Å². The fourth-order valence-corrected chi connectivity index (χ4v) is 7.23. The van der Waals surface area contributed by atoms with Crippen LogP contribution >= 0.6 is 0 Å². The Hall–Kier alpha value is -0.340. The lowest BCUT2D eigenvalue weighted by atomic mass is 9.63. The van der Waals surface area contributed by atoms with Crippen LogP contribution in [-0.2, 0) is 9.47 Å². The number of hydrogen-bond donors (Lipinski definition) is 0. The first-order chi connectivity index (χ1) is 10.2. The molecule has 1 heterocycles. The molecule has 2 nitrogen and oxygen atoms in total. The molecule has 124 valence electrons. The molecule has 0 aromatic heterocycles. The van der Waals surface area contributed by atoms with E-state index in [1.54, 1.807) is 0 Å². The monoisotopic (exact) mass is 304 g/mol. The minimum Gasteiger partial charge on any atom is -0.340 e. The summed E-state index contributed by atoms with van der Waals surface area (Å²) in [5, 5.41) is 0. The van der Waals surface area contributed by atoms with Crippen molar-refractivity contribution in [3.63, 3.8) is 0 Å². The van der Waals surface area contributed by atoms with Gasteiger partial charge in [0.25, 0.3) is 0 Å². The normalized spacial score (nSPS) is 59.0. The van der Waals surface area contributed by atoms with E-state index in [9.17, 15) is 0 Å². The minimum atomic E-state index is -0.539. The van der Waals surface area contributed by atoms with E-state index >= 15 is 0 Å². The zero-order valence-electron chi connectivity index (χ0n) is 15.1. The average Bonchev–Trinajstić information content (AvgIpc) is 2.92. The molecule has 1 aliphatic heterocycles. The van der Waals surface area contributed by atoms with E-state index in [0.29, 0.717) is 16.7 Å². The van der Waals surface area contributed by atoms with Gasteiger partial charge in [0, 0.05) is 0 Å². The van der Waals surface area contributed by atoms with Gasteiger partial charge in [-0.25, -0.2) is 0 Å². The van der Waals surface area contributed by atoms with Crippen LogP contribution < -0.4 is 0 Å². The number of allylic oxidation sites excluding steroid dienone is 1. The van der Waals surface area contributed by atoms with Gasteiger partial charge in [0.1, 0.15) is 0 Å². The van der Waals surface area contributed by atoms with Crippen LogP contribution in [0.5, 0.6) is 0 Å². The van der Waals surface area contributed by atoms with Crippen molar-refractivity contribution < 1.29 is 9.47 Å². The van der Waals surface area contributed by atoms with Gasteiger partial charge < -0.3 is 9.47 Å². The van der Waals surface area contributed by atoms with Crippen molar-refractivity contribution in [3.8, 4) is 0 Å². The number of hydrogen-bond acceptors (Lipinski definition) is 2. The Morgan fingerprint density at radius 1 is 1.00 bits per heavy atom. The van der Waals surface area contributed by atoms with E-state index in [1.165, 1.54) is 25.7 Å². The molecule has 1 saturated heterocycles. The van der Waals surface area contributed by atoms with Crippen molar-refractivity contribution in [2.75, 3.05) is 0 Å². The van der Waals surface area contributed by atoms with Gasteiger partial charge in [0.05, 0.1) is 11.7 Å². The third-order valence-corrected chi connectivity index (χ3v) is 8.11. The molecule has 0 radical (unpaired) electrons. The van der Waals surface area contributed by atoms with Gasteiger partial charge >= 0.3 is 0 Å². The lowest BCUT2D eigenvalue weighted by Gasteiger charge is -2.47. The molecule has 4 fully saturated rings. The molecule has 7 atom stereocenters. The van der Waals surface area contributed by atoms with E-state index < -0.39 is 5.79 Å². The molecule has 2 bridgehead atoms. The summed E-state index contributed by atoms with van der Waals surface area (Å²) >= 11 is 0. The lowest BCUT2D eigenvalue weighted by molar-refractivity contribution is -0.158. The Bertz CT molecular complexity index is 524. The minimum absolute atomic E-state index is 0.132. The molecule has 3 saturated carbocycles. The molecular formula is C20H32O2. The molecule has 1 spiro atoms. The molecule has 1 unspecified atom stereocenters. The van der Waals surface area contributed by atoms with Gasteiger partial charge in [-0.3, -0.25) is 0 Å². The van der Waals surface area contributed by atoms with Crippen molar-refractivity contribution in [1.82, 2.24) is 0 Å². The Balaban J connectivity index is 1.78. The molecule has 22 heavy (non-hydrogen) atoms. The highest BCUT2D eigenvalue weighted by Gasteiger charge is 2.74. The smallest absolute Gasteiger partial charge is 0.186 e. The Kier molecular flexibility index (Phi) is 2.89. The predicted octanol–water partition coefficient (Wildman–Crippen LogP) is 4.94. The van der Waals surface area contributed by atoms with E-state index in [2.05, 4.69) is 46.8 Å². The SMILES string of the molecule is C/C=C/C1(C)O[C@H]2C[C@@]34C[C@H](C(C)(C)[C@@H]3CC[C@H]4C)[C@@]2(C)O1. The zero-order valence-corrected chi connectivity index (χ0v) is 15.1. The van der Waals surface area contributed by atoms with Gasteiger partial charge in [-0.15, -0.1) is 0 Å². The summed E-state index contributed by atoms with van der Waals surface area (Å²) in [5.74, 6) is 1.76. The van der Waals surface area contributed by atoms with E-state index in [-0.39, 0.29) is 11.7 Å². The third-order valence-electron chi connectivity index (χ3n) is 8.11.